The maximum atomic E-state index is 12.8. The fourth-order valence-corrected chi connectivity index (χ4v) is 2.28. The van der Waals surface area contributed by atoms with Crippen LogP contribution in [0.25, 0.3) is 0 Å². The molecule has 6 heteroatoms. The van der Waals surface area contributed by atoms with Crippen molar-refractivity contribution in [2.24, 2.45) is 0 Å². The van der Waals surface area contributed by atoms with Crippen molar-refractivity contribution in [2.75, 3.05) is 11.9 Å². The lowest BCUT2D eigenvalue weighted by Crippen LogP contribution is -2.18. The predicted octanol–water partition coefficient (Wildman–Crippen LogP) is 3.97. The fourth-order valence-electron chi connectivity index (χ4n) is 2.11. The maximum Gasteiger partial charge on any atom is 0.267 e. The van der Waals surface area contributed by atoms with E-state index in [1.807, 2.05) is 13.0 Å². The van der Waals surface area contributed by atoms with Crippen molar-refractivity contribution in [1.82, 2.24) is 5.32 Å². The highest BCUT2D eigenvalue weighted by molar-refractivity contribution is 6.31. The van der Waals surface area contributed by atoms with Crippen molar-refractivity contribution in [1.29, 1.82) is 5.26 Å². The third-order valence-electron chi connectivity index (χ3n) is 3.53. The molecule has 0 aromatic heterocycles. The molecule has 4 nitrogen and oxygen atoms in total. The molecule has 0 bridgehead atoms. The van der Waals surface area contributed by atoms with Gasteiger partial charge in [-0.1, -0.05) is 29.8 Å². The highest BCUT2D eigenvalue weighted by Crippen LogP contribution is 2.20. The first kappa shape index (κ1) is 18.5. The SMILES string of the molecule is Cc1ccc(Cl)cc1NC(=O)/C(C#N)=C\NCCc1ccc(F)cc1. The number of hydrogen-bond acceptors (Lipinski definition) is 3. The van der Waals surface area contributed by atoms with E-state index in [1.54, 1.807) is 30.3 Å². The first-order valence-corrected chi connectivity index (χ1v) is 8.03. The van der Waals surface area contributed by atoms with Crippen LogP contribution in [0.3, 0.4) is 0 Å². The zero-order valence-corrected chi connectivity index (χ0v) is 14.4. The van der Waals surface area contributed by atoms with Gasteiger partial charge in [0.1, 0.15) is 17.5 Å². The van der Waals surface area contributed by atoms with Gasteiger partial charge in [0, 0.05) is 23.5 Å². The number of nitrogens with zero attached hydrogens (tertiary/aromatic N) is 1. The lowest BCUT2D eigenvalue weighted by Gasteiger charge is -2.08. The third-order valence-corrected chi connectivity index (χ3v) is 3.77. The monoisotopic (exact) mass is 357 g/mol. The quantitative estimate of drug-likeness (QED) is 0.467. The molecule has 1 amide bonds. The van der Waals surface area contributed by atoms with Crippen LogP contribution in [-0.2, 0) is 11.2 Å². The second-order valence-corrected chi connectivity index (χ2v) is 5.85. The Labute approximate surface area is 150 Å². The van der Waals surface area contributed by atoms with Gasteiger partial charge >= 0.3 is 0 Å². The van der Waals surface area contributed by atoms with E-state index in [0.717, 1.165) is 11.1 Å². The molecule has 0 saturated heterocycles. The van der Waals surface area contributed by atoms with E-state index < -0.39 is 5.91 Å². The molecule has 0 aliphatic carbocycles. The van der Waals surface area contributed by atoms with Crippen LogP contribution in [0.4, 0.5) is 10.1 Å². The minimum atomic E-state index is -0.512. The molecule has 0 heterocycles. The third kappa shape index (κ3) is 5.63. The van der Waals surface area contributed by atoms with Crippen molar-refractivity contribution in [3.8, 4) is 6.07 Å². The number of carbonyl (C=O) groups is 1. The number of nitrogens with one attached hydrogen (secondary N) is 2. The number of benzene rings is 2. The van der Waals surface area contributed by atoms with E-state index in [0.29, 0.717) is 23.7 Å². The number of amides is 1. The normalized spacial score (nSPS) is 10.9. The highest BCUT2D eigenvalue weighted by Gasteiger charge is 2.10. The van der Waals surface area contributed by atoms with Gasteiger partial charge in [-0.2, -0.15) is 5.26 Å². The average Bonchev–Trinajstić information content (AvgIpc) is 2.59. The van der Waals surface area contributed by atoms with Crippen molar-refractivity contribution < 1.29 is 9.18 Å². The van der Waals surface area contributed by atoms with E-state index in [2.05, 4.69) is 10.6 Å². The number of nitriles is 1. The van der Waals surface area contributed by atoms with Crippen LogP contribution in [0.5, 0.6) is 0 Å². The molecule has 25 heavy (non-hydrogen) atoms. The Morgan fingerprint density at radius 3 is 2.68 bits per heavy atom. The van der Waals surface area contributed by atoms with Crippen LogP contribution in [0, 0.1) is 24.1 Å². The minimum Gasteiger partial charge on any atom is -0.389 e. The van der Waals surface area contributed by atoms with E-state index in [-0.39, 0.29) is 11.4 Å². The van der Waals surface area contributed by atoms with Gasteiger partial charge in [0.2, 0.25) is 0 Å². The summed E-state index contributed by atoms with van der Waals surface area (Å²) in [6.07, 6.45) is 2.02. The molecular weight excluding hydrogens is 341 g/mol. The lowest BCUT2D eigenvalue weighted by molar-refractivity contribution is -0.112. The van der Waals surface area contributed by atoms with E-state index >= 15 is 0 Å². The van der Waals surface area contributed by atoms with Crippen molar-refractivity contribution in [2.45, 2.75) is 13.3 Å². The number of hydrogen-bond donors (Lipinski definition) is 2. The molecule has 2 N–H and O–H groups in total. The Morgan fingerprint density at radius 2 is 2.00 bits per heavy atom. The Morgan fingerprint density at radius 1 is 1.28 bits per heavy atom. The molecular formula is C19H17ClFN3O. The van der Waals surface area contributed by atoms with Crippen molar-refractivity contribution >= 4 is 23.2 Å². The van der Waals surface area contributed by atoms with Crippen LogP contribution in [0.1, 0.15) is 11.1 Å². The molecule has 2 rings (SSSR count). The topological polar surface area (TPSA) is 64.9 Å². The summed E-state index contributed by atoms with van der Waals surface area (Å²) in [5, 5.41) is 15.3. The first-order chi connectivity index (χ1) is 12.0. The first-order valence-electron chi connectivity index (χ1n) is 7.65. The van der Waals surface area contributed by atoms with Crippen LogP contribution >= 0.6 is 11.6 Å². The van der Waals surface area contributed by atoms with Gasteiger partial charge in [-0.3, -0.25) is 4.79 Å². The predicted molar refractivity (Wildman–Crippen MR) is 96.6 cm³/mol. The summed E-state index contributed by atoms with van der Waals surface area (Å²) >= 11 is 5.92. The molecule has 0 aliphatic rings. The van der Waals surface area contributed by atoms with E-state index in [4.69, 9.17) is 16.9 Å². The van der Waals surface area contributed by atoms with E-state index in [9.17, 15) is 9.18 Å². The lowest BCUT2D eigenvalue weighted by atomic mass is 10.1. The Kier molecular flexibility index (Phi) is 6.55. The van der Waals surface area contributed by atoms with Gasteiger partial charge in [-0.05, 0) is 48.7 Å². The molecule has 0 atom stereocenters. The van der Waals surface area contributed by atoms with Gasteiger partial charge in [-0.25, -0.2) is 4.39 Å². The zero-order valence-electron chi connectivity index (χ0n) is 13.6. The molecule has 0 spiro atoms. The zero-order chi connectivity index (χ0) is 18.2. The molecule has 0 fully saturated rings. The Hall–Kier alpha value is -2.84. The van der Waals surface area contributed by atoms with Crippen molar-refractivity contribution in [3.63, 3.8) is 0 Å². The summed E-state index contributed by atoms with van der Waals surface area (Å²) in [6, 6.07) is 13.2. The van der Waals surface area contributed by atoms with Gasteiger partial charge in [0.25, 0.3) is 5.91 Å². The molecule has 2 aromatic carbocycles. The van der Waals surface area contributed by atoms with Crippen LogP contribution in [-0.4, -0.2) is 12.5 Å². The summed E-state index contributed by atoms with van der Waals surface area (Å²) in [7, 11) is 0. The summed E-state index contributed by atoms with van der Waals surface area (Å²) in [6.45, 7) is 2.35. The largest absolute Gasteiger partial charge is 0.389 e. The smallest absolute Gasteiger partial charge is 0.267 e. The number of rotatable bonds is 6. The van der Waals surface area contributed by atoms with Crippen LogP contribution in [0.15, 0.2) is 54.2 Å². The van der Waals surface area contributed by atoms with Crippen LogP contribution in [0.2, 0.25) is 5.02 Å². The highest BCUT2D eigenvalue weighted by atomic mass is 35.5. The Bertz CT molecular complexity index is 826. The molecule has 0 aliphatic heterocycles. The number of aryl methyl sites for hydroxylation is 1. The minimum absolute atomic E-state index is 0.0431. The average molecular weight is 358 g/mol. The second kappa shape index (κ2) is 8.86. The molecule has 2 aromatic rings. The van der Waals surface area contributed by atoms with Gasteiger partial charge in [-0.15, -0.1) is 0 Å². The van der Waals surface area contributed by atoms with Gasteiger partial charge in [0.15, 0.2) is 0 Å². The molecule has 128 valence electrons. The van der Waals surface area contributed by atoms with E-state index in [1.165, 1.54) is 18.3 Å². The number of halogens is 2. The fraction of sp³-hybridized carbons (Fsp3) is 0.158. The van der Waals surface area contributed by atoms with Gasteiger partial charge in [0.05, 0.1) is 0 Å². The summed E-state index contributed by atoms with van der Waals surface area (Å²) < 4.78 is 12.8. The number of carbonyl (C=O) groups excluding carboxylic acids is 1. The second-order valence-electron chi connectivity index (χ2n) is 5.41. The van der Waals surface area contributed by atoms with Crippen molar-refractivity contribution in [3.05, 3.63) is 76.2 Å². The number of anilines is 1. The van der Waals surface area contributed by atoms with Gasteiger partial charge < -0.3 is 10.6 Å². The molecule has 0 radical (unpaired) electrons. The summed E-state index contributed by atoms with van der Waals surface area (Å²) in [4.78, 5) is 12.2. The summed E-state index contributed by atoms with van der Waals surface area (Å²) in [5.41, 5.74) is 2.32. The molecule has 0 saturated carbocycles. The summed E-state index contributed by atoms with van der Waals surface area (Å²) in [5.74, 6) is -0.793. The Balaban J connectivity index is 1.92. The maximum absolute atomic E-state index is 12.8. The van der Waals surface area contributed by atoms with Crippen LogP contribution < -0.4 is 10.6 Å². The molecule has 0 unspecified atom stereocenters. The standard InChI is InChI=1S/C19H17ClFN3O/c1-13-2-5-16(20)10-18(13)24-19(25)15(11-22)12-23-9-8-14-3-6-17(21)7-4-14/h2-7,10,12,23H,8-9H2,1H3,(H,24,25)/b15-12-.